The number of aliphatic hydroxyl groups excluding tert-OH is 1. The van der Waals surface area contributed by atoms with E-state index in [0.29, 0.717) is 24.3 Å². The smallest absolute Gasteiger partial charge is 0.162 e. The molecule has 22 heavy (non-hydrogen) atoms. The summed E-state index contributed by atoms with van der Waals surface area (Å²) in [7, 11) is 0. The van der Waals surface area contributed by atoms with E-state index in [2.05, 4.69) is 0 Å². The van der Waals surface area contributed by atoms with Crippen LogP contribution in [-0.2, 0) is 0 Å². The molecule has 2 rings (SSSR count). The maximum atomic E-state index is 11.6. The summed E-state index contributed by atoms with van der Waals surface area (Å²) >= 11 is 0. The average Bonchev–Trinajstić information content (AvgIpc) is 2.81. The van der Waals surface area contributed by atoms with E-state index in [1.54, 1.807) is 24.3 Å². The third-order valence-corrected chi connectivity index (χ3v) is 4.27. The van der Waals surface area contributed by atoms with E-state index < -0.39 is 6.10 Å². The SMILES string of the molecule is CCC(=O)c1ccc(OC[C@@H](O)C[NH+]2CCCCCC2)cc1. The number of ether oxygens (including phenoxy) is 1. The van der Waals surface area contributed by atoms with Crippen LogP contribution in [0.3, 0.4) is 0 Å². The highest BCUT2D eigenvalue weighted by Crippen LogP contribution is 2.13. The van der Waals surface area contributed by atoms with Gasteiger partial charge in [-0.2, -0.15) is 0 Å². The molecule has 2 N–H and O–H groups in total. The lowest BCUT2D eigenvalue weighted by molar-refractivity contribution is -0.902. The molecule has 1 heterocycles. The minimum absolute atomic E-state index is 0.136. The minimum Gasteiger partial charge on any atom is -0.491 e. The van der Waals surface area contributed by atoms with Crippen LogP contribution < -0.4 is 9.64 Å². The number of carbonyl (C=O) groups excluding carboxylic acids is 1. The molecule has 0 amide bonds. The Kier molecular flexibility index (Phi) is 6.87. The summed E-state index contributed by atoms with van der Waals surface area (Å²) in [4.78, 5) is 13.0. The van der Waals surface area contributed by atoms with E-state index in [0.717, 1.165) is 19.6 Å². The summed E-state index contributed by atoms with van der Waals surface area (Å²) in [6, 6.07) is 7.17. The number of Topliss-reactive ketones (excluding diaryl/α,β-unsaturated/α-hetero) is 1. The summed E-state index contributed by atoms with van der Waals surface area (Å²) in [5.41, 5.74) is 0.712. The van der Waals surface area contributed by atoms with Crippen LogP contribution in [0.2, 0.25) is 0 Å². The van der Waals surface area contributed by atoms with Crippen molar-refractivity contribution >= 4 is 5.78 Å². The van der Waals surface area contributed by atoms with Gasteiger partial charge in [-0.1, -0.05) is 6.92 Å². The number of benzene rings is 1. The molecule has 0 unspecified atom stereocenters. The van der Waals surface area contributed by atoms with Crippen molar-refractivity contribution in [2.24, 2.45) is 0 Å². The van der Waals surface area contributed by atoms with Crippen LogP contribution in [0.5, 0.6) is 5.75 Å². The van der Waals surface area contributed by atoms with E-state index >= 15 is 0 Å². The van der Waals surface area contributed by atoms with E-state index in [-0.39, 0.29) is 5.78 Å². The minimum atomic E-state index is -0.440. The van der Waals surface area contributed by atoms with Gasteiger partial charge in [0.2, 0.25) is 0 Å². The van der Waals surface area contributed by atoms with Gasteiger partial charge in [0, 0.05) is 12.0 Å². The van der Waals surface area contributed by atoms with Crippen LogP contribution in [0.1, 0.15) is 49.4 Å². The topological polar surface area (TPSA) is 51.0 Å². The summed E-state index contributed by atoms with van der Waals surface area (Å²) in [5, 5.41) is 10.1. The number of likely N-dealkylation sites (tertiary alicyclic amines) is 1. The molecule has 4 heteroatoms. The molecule has 0 bridgehead atoms. The third kappa shape index (κ3) is 5.43. The first-order chi connectivity index (χ1) is 10.7. The predicted octanol–water partition coefficient (Wildman–Crippen LogP) is 1.48. The molecule has 4 nitrogen and oxygen atoms in total. The predicted molar refractivity (Wildman–Crippen MR) is 86.6 cm³/mol. The molecule has 122 valence electrons. The Hall–Kier alpha value is -1.39. The van der Waals surface area contributed by atoms with Gasteiger partial charge in [-0.15, -0.1) is 0 Å². The quantitative estimate of drug-likeness (QED) is 0.750. The second kappa shape index (κ2) is 8.91. The zero-order chi connectivity index (χ0) is 15.8. The second-order valence-electron chi connectivity index (χ2n) is 6.13. The van der Waals surface area contributed by atoms with E-state index in [1.807, 2.05) is 6.92 Å². The highest BCUT2D eigenvalue weighted by Gasteiger charge is 2.17. The number of carbonyl (C=O) groups is 1. The van der Waals surface area contributed by atoms with Gasteiger partial charge in [0.1, 0.15) is 25.0 Å². The molecule has 0 spiro atoms. The van der Waals surface area contributed by atoms with Crippen LogP contribution in [0.25, 0.3) is 0 Å². The molecule has 1 fully saturated rings. The highest BCUT2D eigenvalue weighted by atomic mass is 16.5. The molecule has 1 saturated heterocycles. The largest absolute Gasteiger partial charge is 0.491 e. The van der Waals surface area contributed by atoms with Gasteiger partial charge in [-0.05, 0) is 49.9 Å². The zero-order valence-electron chi connectivity index (χ0n) is 13.5. The van der Waals surface area contributed by atoms with Crippen molar-refractivity contribution in [2.45, 2.75) is 45.1 Å². The molecule has 1 aromatic carbocycles. The van der Waals surface area contributed by atoms with Crippen LogP contribution in [0.4, 0.5) is 0 Å². The van der Waals surface area contributed by atoms with Gasteiger partial charge in [-0.25, -0.2) is 0 Å². The van der Waals surface area contributed by atoms with Crippen LogP contribution in [0, 0.1) is 0 Å². The van der Waals surface area contributed by atoms with Gasteiger partial charge in [0.25, 0.3) is 0 Å². The molecule has 0 aliphatic carbocycles. The van der Waals surface area contributed by atoms with Crippen LogP contribution in [0.15, 0.2) is 24.3 Å². The highest BCUT2D eigenvalue weighted by molar-refractivity contribution is 5.95. The lowest BCUT2D eigenvalue weighted by atomic mass is 10.1. The number of hydrogen-bond acceptors (Lipinski definition) is 3. The summed E-state index contributed by atoms with van der Waals surface area (Å²) < 4.78 is 5.63. The number of nitrogens with one attached hydrogen (secondary N) is 1. The third-order valence-electron chi connectivity index (χ3n) is 4.27. The molecule has 0 radical (unpaired) electrons. The van der Waals surface area contributed by atoms with Crippen LogP contribution in [-0.4, -0.2) is 43.2 Å². The standard InChI is InChI=1S/C18H27NO3/c1-2-18(21)15-7-9-17(10-8-15)22-14-16(20)13-19-11-5-3-4-6-12-19/h7-10,16,20H,2-6,11-14H2,1H3/p+1/t16-/m0/s1. The number of ketones is 1. The van der Waals surface area contributed by atoms with Gasteiger partial charge < -0.3 is 14.7 Å². The molecule has 1 aliphatic heterocycles. The Balaban J connectivity index is 1.75. The van der Waals surface area contributed by atoms with Gasteiger partial charge in [0.05, 0.1) is 13.1 Å². The van der Waals surface area contributed by atoms with Crippen molar-refractivity contribution in [1.82, 2.24) is 0 Å². The molecule has 1 atom stereocenters. The molecule has 0 saturated carbocycles. The Morgan fingerprint density at radius 2 is 1.82 bits per heavy atom. The molecule has 1 aliphatic rings. The van der Waals surface area contributed by atoms with Gasteiger partial charge in [0.15, 0.2) is 5.78 Å². The average molecular weight is 306 g/mol. The molecule has 0 aromatic heterocycles. The second-order valence-corrected chi connectivity index (χ2v) is 6.13. The Labute approximate surface area is 133 Å². The molecular weight excluding hydrogens is 278 g/mol. The Morgan fingerprint density at radius 3 is 2.41 bits per heavy atom. The van der Waals surface area contributed by atoms with E-state index in [4.69, 9.17) is 4.74 Å². The number of rotatable bonds is 7. The molecule has 1 aromatic rings. The first kappa shape index (κ1) is 17.0. The maximum Gasteiger partial charge on any atom is 0.162 e. The monoisotopic (exact) mass is 306 g/mol. The van der Waals surface area contributed by atoms with E-state index in [9.17, 15) is 9.90 Å². The Bertz CT molecular complexity index is 450. The lowest BCUT2D eigenvalue weighted by Gasteiger charge is -2.20. The maximum absolute atomic E-state index is 11.6. The fourth-order valence-corrected chi connectivity index (χ4v) is 2.96. The van der Waals surface area contributed by atoms with Gasteiger partial charge in [-0.3, -0.25) is 4.79 Å². The number of quaternary nitrogens is 1. The van der Waals surface area contributed by atoms with Crippen molar-refractivity contribution in [3.05, 3.63) is 29.8 Å². The number of aliphatic hydroxyl groups is 1. The van der Waals surface area contributed by atoms with Crippen molar-refractivity contribution in [1.29, 1.82) is 0 Å². The van der Waals surface area contributed by atoms with Crippen molar-refractivity contribution < 1.29 is 19.5 Å². The summed E-state index contributed by atoms with van der Waals surface area (Å²) in [6.45, 7) is 5.24. The van der Waals surface area contributed by atoms with Crippen molar-refractivity contribution in [3.8, 4) is 5.75 Å². The normalized spacial score (nSPS) is 17.7. The Morgan fingerprint density at radius 1 is 1.18 bits per heavy atom. The first-order valence-electron chi connectivity index (χ1n) is 8.46. The fourth-order valence-electron chi connectivity index (χ4n) is 2.96. The fraction of sp³-hybridized carbons (Fsp3) is 0.611. The van der Waals surface area contributed by atoms with Crippen molar-refractivity contribution in [2.75, 3.05) is 26.2 Å². The first-order valence-corrected chi connectivity index (χ1v) is 8.46. The van der Waals surface area contributed by atoms with Crippen molar-refractivity contribution in [3.63, 3.8) is 0 Å². The summed E-state index contributed by atoms with van der Waals surface area (Å²) in [5.74, 6) is 0.842. The summed E-state index contributed by atoms with van der Waals surface area (Å²) in [6.07, 6.45) is 5.23. The zero-order valence-corrected chi connectivity index (χ0v) is 13.5. The van der Waals surface area contributed by atoms with E-state index in [1.165, 1.54) is 30.6 Å². The molecular formula is C18H28NO3+. The van der Waals surface area contributed by atoms with Crippen LogP contribution >= 0.6 is 0 Å². The number of hydrogen-bond donors (Lipinski definition) is 2. The lowest BCUT2D eigenvalue weighted by Crippen LogP contribution is -3.13. The van der Waals surface area contributed by atoms with Gasteiger partial charge >= 0.3 is 0 Å².